The predicted molar refractivity (Wildman–Crippen MR) is 60.5 cm³/mol. The molecule has 0 N–H and O–H groups in total. The van der Waals surface area contributed by atoms with E-state index in [1.165, 1.54) is 6.42 Å². The molecule has 0 aromatic rings. The van der Waals surface area contributed by atoms with Crippen LogP contribution in [-0.2, 0) is 9.53 Å². The van der Waals surface area contributed by atoms with Crippen molar-refractivity contribution in [1.29, 1.82) is 0 Å². The number of rotatable bonds is 3. The molecule has 3 heteroatoms. The fourth-order valence-corrected chi connectivity index (χ4v) is 2.12. The van der Waals surface area contributed by atoms with E-state index < -0.39 is 0 Å². The van der Waals surface area contributed by atoms with Crippen LogP contribution in [0, 0.1) is 11.8 Å². The van der Waals surface area contributed by atoms with Crippen LogP contribution in [0.1, 0.15) is 39.5 Å². The smallest absolute Gasteiger partial charge is 0.306 e. The van der Waals surface area contributed by atoms with Crippen molar-refractivity contribution in [3.63, 3.8) is 0 Å². The van der Waals surface area contributed by atoms with Gasteiger partial charge in [0.15, 0.2) is 0 Å². The van der Waals surface area contributed by atoms with Gasteiger partial charge in [-0.25, -0.2) is 0 Å². The molecular formula is C11H20O2S. The minimum atomic E-state index is -0.0910. The third-order valence-electron chi connectivity index (χ3n) is 3.16. The molecule has 0 aromatic heterocycles. The monoisotopic (exact) mass is 216 g/mol. The average molecular weight is 216 g/mol. The molecule has 0 spiro atoms. The van der Waals surface area contributed by atoms with E-state index in [9.17, 15) is 4.79 Å². The van der Waals surface area contributed by atoms with Crippen molar-refractivity contribution in [2.45, 2.75) is 45.6 Å². The van der Waals surface area contributed by atoms with E-state index in [4.69, 9.17) is 4.74 Å². The van der Waals surface area contributed by atoms with Gasteiger partial charge in [-0.3, -0.25) is 4.79 Å². The summed E-state index contributed by atoms with van der Waals surface area (Å²) < 4.78 is 5.36. The lowest BCUT2D eigenvalue weighted by atomic mass is 9.80. The van der Waals surface area contributed by atoms with Gasteiger partial charge < -0.3 is 4.74 Å². The zero-order valence-electron chi connectivity index (χ0n) is 9.03. The van der Waals surface area contributed by atoms with Gasteiger partial charge >= 0.3 is 5.97 Å². The van der Waals surface area contributed by atoms with Gasteiger partial charge in [0.05, 0.1) is 6.42 Å². The third-order valence-corrected chi connectivity index (χ3v) is 3.39. The Bertz CT molecular complexity index is 194. The maximum absolute atomic E-state index is 11.2. The van der Waals surface area contributed by atoms with Crippen LogP contribution in [0.15, 0.2) is 0 Å². The molecule has 3 unspecified atom stereocenters. The first-order chi connectivity index (χ1) is 6.63. The van der Waals surface area contributed by atoms with Gasteiger partial charge in [0.2, 0.25) is 0 Å². The van der Waals surface area contributed by atoms with Crippen molar-refractivity contribution in [3.05, 3.63) is 0 Å². The van der Waals surface area contributed by atoms with Gasteiger partial charge in [-0.05, 0) is 31.1 Å². The molecule has 0 amide bonds. The second-order valence-electron chi connectivity index (χ2n) is 4.35. The van der Waals surface area contributed by atoms with E-state index in [-0.39, 0.29) is 12.1 Å². The molecule has 0 saturated heterocycles. The van der Waals surface area contributed by atoms with E-state index in [2.05, 4.69) is 26.5 Å². The summed E-state index contributed by atoms with van der Waals surface area (Å²) in [6.45, 7) is 4.51. The standard InChI is InChI=1S/C11H20O2S/c1-8-3-4-10(7-9(8)2)13-11(12)5-6-14/h8-10,14H,3-7H2,1-2H3. The Balaban J connectivity index is 2.29. The highest BCUT2D eigenvalue weighted by Gasteiger charge is 2.26. The van der Waals surface area contributed by atoms with Crippen LogP contribution in [0.3, 0.4) is 0 Å². The fraction of sp³-hybridized carbons (Fsp3) is 0.909. The highest BCUT2D eigenvalue weighted by molar-refractivity contribution is 7.80. The molecule has 3 atom stereocenters. The highest BCUT2D eigenvalue weighted by atomic mass is 32.1. The summed E-state index contributed by atoms with van der Waals surface area (Å²) in [5.74, 6) is 1.94. The van der Waals surface area contributed by atoms with Crippen molar-refractivity contribution in [1.82, 2.24) is 0 Å². The average Bonchev–Trinajstić information content (AvgIpc) is 2.12. The van der Waals surface area contributed by atoms with Crippen LogP contribution in [-0.4, -0.2) is 17.8 Å². The first kappa shape index (κ1) is 11.9. The number of ether oxygens (including phenoxy) is 1. The molecule has 2 nitrogen and oxygen atoms in total. The van der Waals surface area contributed by atoms with Crippen molar-refractivity contribution < 1.29 is 9.53 Å². The Morgan fingerprint density at radius 2 is 2.07 bits per heavy atom. The maximum atomic E-state index is 11.2. The van der Waals surface area contributed by atoms with Gasteiger partial charge in [-0.2, -0.15) is 12.6 Å². The summed E-state index contributed by atoms with van der Waals surface area (Å²) in [6, 6.07) is 0. The first-order valence-electron chi connectivity index (χ1n) is 5.43. The Labute approximate surface area is 91.8 Å². The summed E-state index contributed by atoms with van der Waals surface area (Å²) in [5.41, 5.74) is 0. The number of hydrogen-bond donors (Lipinski definition) is 1. The van der Waals surface area contributed by atoms with Crippen LogP contribution in [0.25, 0.3) is 0 Å². The van der Waals surface area contributed by atoms with Crippen molar-refractivity contribution in [2.24, 2.45) is 11.8 Å². The Morgan fingerprint density at radius 1 is 1.36 bits per heavy atom. The lowest BCUT2D eigenvalue weighted by Gasteiger charge is -2.31. The lowest BCUT2D eigenvalue weighted by molar-refractivity contribution is -0.151. The normalized spacial score (nSPS) is 32.6. The molecule has 82 valence electrons. The summed E-state index contributed by atoms with van der Waals surface area (Å²) in [6.07, 6.45) is 3.83. The molecule has 14 heavy (non-hydrogen) atoms. The van der Waals surface area contributed by atoms with Crippen molar-refractivity contribution in [2.75, 3.05) is 5.75 Å². The van der Waals surface area contributed by atoms with Crippen LogP contribution in [0.2, 0.25) is 0 Å². The number of hydrogen-bond acceptors (Lipinski definition) is 3. The van der Waals surface area contributed by atoms with Crippen LogP contribution in [0.5, 0.6) is 0 Å². The molecule has 1 aliphatic rings. The summed E-state index contributed by atoms with van der Waals surface area (Å²) >= 11 is 4.01. The highest BCUT2D eigenvalue weighted by Crippen LogP contribution is 2.30. The van der Waals surface area contributed by atoms with E-state index >= 15 is 0 Å². The number of carbonyl (C=O) groups is 1. The van der Waals surface area contributed by atoms with Crippen molar-refractivity contribution >= 4 is 18.6 Å². The fourth-order valence-electron chi connectivity index (χ4n) is 1.94. The Morgan fingerprint density at radius 3 is 2.64 bits per heavy atom. The number of esters is 1. The molecule has 0 bridgehead atoms. The molecular weight excluding hydrogens is 196 g/mol. The maximum Gasteiger partial charge on any atom is 0.306 e. The quantitative estimate of drug-likeness (QED) is 0.580. The van der Waals surface area contributed by atoms with Gasteiger partial charge in [0, 0.05) is 5.75 Å². The minimum Gasteiger partial charge on any atom is -0.462 e. The Hall–Kier alpha value is -0.180. The SMILES string of the molecule is CC1CCC(OC(=O)CCS)CC1C. The topological polar surface area (TPSA) is 26.3 Å². The van der Waals surface area contributed by atoms with E-state index in [1.807, 2.05) is 0 Å². The largest absolute Gasteiger partial charge is 0.462 e. The molecule has 0 radical (unpaired) electrons. The summed E-state index contributed by atoms with van der Waals surface area (Å²) in [4.78, 5) is 11.2. The van der Waals surface area contributed by atoms with Gasteiger partial charge in [-0.15, -0.1) is 0 Å². The van der Waals surface area contributed by atoms with Crippen LogP contribution in [0.4, 0.5) is 0 Å². The van der Waals surface area contributed by atoms with E-state index in [1.54, 1.807) is 0 Å². The zero-order valence-corrected chi connectivity index (χ0v) is 9.93. The van der Waals surface area contributed by atoms with E-state index in [0.717, 1.165) is 18.8 Å². The van der Waals surface area contributed by atoms with Crippen LogP contribution < -0.4 is 0 Å². The zero-order chi connectivity index (χ0) is 10.6. The van der Waals surface area contributed by atoms with Gasteiger partial charge in [0.25, 0.3) is 0 Å². The molecule has 1 saturated carbocycles. The summed E-state index contributed by atoms with van der Waals surface area (Å²) in [7, 11) is 0. The first-order valence-corrected chi connectivity index (χ1v) is 6.07. The second-order valence-corrected chi connectivity index (χ2v) is 4.80. The lowest BCUT2D eigenvalue weighted by Crippen LogP contribution is -2.28. The van der Waals surface area contributed by atoms with Gasteiger partial charge in [0.1, 0.15) is 6.10 Å². The molecule has 1 fully saturated rings. The molecule has 1 aliphatic carbocycles. The Kier molecular flexibility index (Phi) is 4.79. The molecule has 1 rings (SSSR count). The minimum absolute atomic E-state index is 0.0910. The molecule has 0 heterocycles. The van der Waals surface area contributed by atoms with Crippen LogP contribution >= 0.6 is 12.6 Å². The van der Waals surface area contributed by atoms with Crippen molar-refractivity contribution in [3.8, 4) is 0 Å². The van der Waals surface area contributed by atoms with Gasteiger partial charge in [-0.1, -0.05) is 13.8 Å². The van der Waals surface area contributed by atoms with E-state index in [0.29, 0.717) is 18.1 Å². The predicted octanol–water partition coefficient (Wildman–Crippen LogP) is 2.67. The second kappa shape index (κ2) is 5.64. The molecule has 0 aromatic carbocycles. The number of thiol groups is 1. The molecule has 0 aliphatic heterocycles. The third kappa shape index (κ3) is 3.52. The summed E-state index contributed by atoms with van der Waals surface area (Å²) in [5, 5.41) is 0. The number of carbonyl (C=O) groups excluding carboxylic acids is 1.